The molecule has 1 aromatic carbocycles. The average Bonchev–Trinajstić information content (AvgIpc) is 3.22. The minimum Gasteiger partial charge on any atom is -0.465 e. The largest absolute Gasteiger partial charge is 0.465 e. The van der Waals surface area contributed by atoms with Crippen molar-refractivity contribution >= 4 is 45.1 Å². The van der Waals surface area contributed by atoms with Gasteiger partial charge in [-0.25, -0.2) is 9.59 Å². The van der Waals surface area contributed by atoms with Gasteiger partial charge in [-0.3, -0.25) is 9.78 Å². The monoisotopic (exact) mass is 535 g/mol. The van der Waals surface area contributed by atoms with Gasteiger partial charge in [0.25, 0.3) is 5.91 Å². The molecule has 3 heterocycles. The molecule has 1 atom stereocenters. The van der Waals surface area contributed by atoms with E-state index < -0.39 is 23.9 Å². The number of aryl methyl sites for hydroxylation is 1. The second-order valence-electron chi connectivity index (χ2n) is 10.1. The molecule has 0 spiro atoms. The first kappa shape index (κ1) is 26.3. The molecule has 5 rings (SSSR count). The molecule has 8 nitrogen and oxygen atoms in total. The average molecular weight is 536 g/mol. The lowest BCUT2D eigenvalue weighted by Gasteiger charge is -2.27. The molecule has 38 heavy (non-hydrogen) atoms. The van der Waals surface area contributed by atoms with E-state index in [2.05, 4.69) is 10.2 Å². The van der Waals surface area contributed by atoms with Gasteiger partial charge in [-0.15, -0.1) is 11.3 Å². The molecule has 1 unspecified atom stereocenters. The van der Waals surface area contributed by atoms with Crippen LogP contribution in [0.15, 0.2) is 24.3 Å². The Hall–Kier alpha value is -3.30. The Morgan fingerprint density at radius 2 is 1.76 bits per heavy atom. The molecule has 1 amide bonds. The van der Waals surface area contributed by atoms with E-state index in [4.69, 9.17) is 14.5 Å². The number of aromatic nitrogens is 1. The zero-order valence-electron chi connectivity index (χ0n) is 22.1. The van der Waals surface area contributed by atoms with Gasteiger partial charge in [0.1, 0.15) is 5.00 Å². The highest BCUT2D eigenvalue weighted by Crippen LogP contribution is 2.38. The number of thiophene rings is 1. The summed E-state index contributed by atoms with van der Waals surface area (Å²) in [5.74, 6) is -1.49. The maximum atomic E-state index is 13.5. The molecule has 1 N–H and O–H groups in total. The van der Waals surface area contributed by atoms with Crippen molar-refractivity contribution in [2.75, 3.05) is 26.0 Å². The third-order valence-electron chi connectivity index (χ3n) is 7.39. The Bertz CT molecular complexity index is 1400. The van der Waals surface area contributed by atoms with Crippen LogP contribution in [0.5, 0.6) is 0 Å². The number of hydrogen-bond acceptors (Lipinski definition) is 8. The number of methoxy groups -OCH3 is 1. The van der Waals surface area contributed by atoms with Crippen LogP contribution in [0, 0.1) is 0 Å². The lowest BCUT2D eigenvalue weighted by molar-refractivity contribution is -0.123. The SMILES string of the molecule is COC(=O)c1c(NC(=O)C(C)OC(=O)c2c3c(nc4ccccc24)CCN(C)C3)sc2c1CCCCCC2. The van der Waals surface area contributed by atoms with Crippen molar-refractivity contribution < 1.29 is 23.9 Å². The molecule has 0 saturated carbocycles. The highest BCUT2D eigenvalue weighted by molar-refractivity contribution is 7.17. The number of nitrogens with one attached hydrogen (secondary N) is 1. The summed E-state index contributed by atoms with van der Waals surface area (Å²) in [7, 11) is 3.36. The van der Waals surface area contributed by atoms with Gasteiger partial charge in [0.05, 0.1) is 23.8 Å². The number of amides is 1. The fourth-order valence-corrected chi connectivity index (χ4v) is 6.65. The third-order valence-corrected chi connectivity index (χ3v) is 8.60. The number of fused-ring (bicyclic) bond motifs is 3. The fraction of sp³-hybridized carbons (Fsp3) is 0.448. The van der Waals surface area contributed by atoms with E-state index in [0.29, 0.717) is 28.1 Å². The number of hydrogen-bond donors (Lipinski definition) is 1. The van der Waals surface area contributed by atoms with Gasteiger partial charge in [-0.1, -0.05) is 31.0 Å². The Balaban J connectivity index is 1.40. The maximum absolute atomic E-state index is 13.5. The van der Waals surface area contributed by atoms with Crippen LogP contribution in [0.3, 0.4) is 0 Å². The van der Waals surface area contributed by atoms with E-state index in [9.17, 15) is 14.4 Å². The molecule has 0 radical (unpaired) electrons. The summed E-state index contributed by atoms with van der Waals surface area (Å²) < 4.78 is 10.8. The summed E-state index contributed by atoms with van der Waals surface area (Å²) in [4.78, 5) is 47.5. The van der Waals surface area contributed by atoms with Crippen LogP contribution in [-0.4, -0.2) is 54.5 Å². The van der Waals surface area contributed by atoms with E-state index in [0.717, 1.165) is 78.7 Å². The highest BCUT2D eigenvalue weighted by atomic mass is 32.1. The molecular formula is C29H33N3O5S. The number of pyridine rings is 1. The van der Waals surface area contributed by atoms with Crippen LogP contribution in [-0.2, 0) is 40.1 Å². The van der Waals surface area contributed by atoms with E-state index in [1.165, 1.54) is 18.4 Å². The quantitative estimate of drug-likeness (QED) is 0.464. The van der Waals surface area contributed by atoms with Crippen molar-refractivity contribution in [3.63, 3.8) is 0 Å². The first-order valence-corrected chi connectivity index (χ1v) is 14.0. The minimum atomic E-state index is -1.07. The smallest absolute Gasteiger partial charge is 0.341 e. The summed E-state index contributed by atoms with van der Waals surface area (Å²) in [6, 6.07) is 7.51. The van der Waals surface area contributed by atoms with Crippen LogP contribution in [0.4, 0.5) is 5.00 Å². The van der Waals surface area contributed by atoms with Gasteiger partial charge in [0, 0.05) is 41.0 Å². The Kier molecular flexibility index (Phi) is 7.76. The third kappa shape index (κ3) is 5.17. The summed E-state index contributed by atoms with van der Waals surface area (Å²) >= 11 is 1.42. The van der Waals surface area contributed by atoms with Crippen molar-refractivity contribution in [2.45, 2.75) is 64.5 Å². The zero-order valence-corrected chi connectivity index (χ0v) is 22.9. The summed E-state index contributed by atoms with van der Waals surface area (Å²) in [6.07, 6.45) is 5.65. The predicted molar refractivity (Wildman–Crippen MR) is 147 cm³/mol. The Labute approximate surface area is 226 Å². The molecule has 9 heteroatoms. The first-order valence-electron chi connectivity index (χ1n) is 13.2. The van der Waals surface area contributed by atoms with Gasteiger partial charge in [0.15, 0.2) is 6.10 Å². The molecule has 3 aromatic rings. The van der Waals surface area contributed by atoms with E-state index in [1.807, 2.05) is 31.3 Å². The number of benzene rings is 1. The van der Waals surface area contributed by atoms with Crippen LogP contribution >= 0.6 is 11.3 Å². The molecule has 0 saturated heterocycles. The van der Waals surface area contributed by atoms with Crippen molar-refractivity contribution in [1.82, 2.24) is 9.88 Å². The van der Waals surface area contributed by atoms with E-state index in [-0.39, 0.29) is 0 Å². The van der Waals surface area contributed by atoms with Crippen LogP contribution in [0.25, 0.3) is 10.9 Å². The number of ether oxygens (including phenoxy) is 2. The normalized spacial score (nSPS) is 16.5. The van der Waals surface area contributed by atoms with Crippen molar-refractivity contribution in [1.29, 1.82) is 0 Å². The van der Waals surface area contributed by atoms with Gasteiger partial charge in [-0.05, 0) is 51.3 Å². The van der Waals surface area contributed by atoms with Crippen molar-refractivity contribution in [3.05, 3.63) is 57.1 Å². The molecule has 0 fully saturated rings. The lowest BCUT2D eigenvalue weighted by Crippen LogP contribution is -2.32. The van der Waals surface area contributed by atoms with Crippen LogP contribution < -0.4 is 5.32 Å². The van der Waals surface area contributed by atoms with E-state index >= 15 is 0 Å². The standard InChI is InChI=1S/C29H33N3O5S/c1-17(26(33)31-27-25(28(34)36-3)19-11-6-4-5-7-13-23(19)38-27)37-29(35)24-18-10-8-9-12-21(18)30-22-14-15-32(2)16-20(22)24/h8-10,12,17H,4-7,11,13-16H2,1-3H3,(H,31,33). The highest BCUT2D eigenvalue weighted by Gasteiger charge is 2.30. The van der Waals surface area contributed by atoms with E-state index in [1.54, 1.807) is 6.92 Å². The molecule has 1 aliphatic carbocycles. The van der Waals surface area contributed by atoms with Gasteiger partial charge in [0.2, 0.25) is 0 Å². The Morgan fingerprint density at radius 3 is 2.55 bits per heavy atom. The summed E-state index contributed by atoms with van der Waals surface area (Å²) in [5.41, 5.74) is 4.34. The molecule has 2 aliphatic rings. The topological polar surface area (TPSA) is 97.8 Å². The molecule has 0 bridgehead atoms. The van der Waals surface area contributed by atoms with Gasteiger partial charge in [-0.2, -0.15) is 0 Å². The van der Waals surface area contributed by atoms with Crippen LogP contribution in [0.1, 0.15) is 75.0 Å². The number of carbonyl (C=O) groups excluding carboxylic acids is 3. The zero-order chi connectivity index (χ0) is 26.8. The first-order chi connectivity index (χ1) is 18.4. The lowest BCUT2D eigenvalue weighted by atomic mass is 9.96. The van der Waals surface area contributed by atoms with Gasteiger partial charge < -0.3 is 19.7 Å². The molecular weight excluding hydrogens is 502 g/mol. The fourth-order valence-electron chi connectivity index (χ4n) is 5.37. The number of carbonyl (C=O) groups is 3. The predicted octanol–water partition coefficient (Wildman–Crippen LogP) is 4.91. The van der Waals surface area contributed by atoms with Crippen molar-refractivity contribution in [3.8, 4) is 0 Å². The maximum Gasteiger partial charge on any atom is 0.341 e. The second-order valence-corrected chi connectivity index (χ2v) is 11.2. The number of esters is 2. The number of rotatable bonds is 5. The van der Waals surface area contributed by atoms with Gasteiger partial charge >= 0.3 is 11.9 Å². The van der Waals surface area contributed by atoms with Crippen LogP contribution in [0.2, 0.25) is 0 Å². The summed E-state index contributed by atoms with van der Waals surface area (Å²) in [5, 5.41) is 4.04. The minimum absolute atomic E-state index is 0.429. The number of para-hydroxylation sites is 1. The number of likely N-dealkylation sites (N-methyl/N-ethyl adjacent to an activating group) is 1. The molecule has 1 aliphatic heterocycles. The van der Waals surface area contributed by atoms with Crippen molar-refractivity contribution in [2.24, 2.45) is 0 Å². The Morgan fingerprint density at radius 1 is 1.00 bits per heavy atom. The second kappa shape index (κ2) is 11.2. The molecule has 2 aromatic heterocycles. The molecule has 200 valence electrons. The summed E-state index contributed by atoms with van der Waals surface area (Å²) in [6.45, 7) is 3.00. The number of anilines is 1. The number of nitrogens with zero attached hydrogens (tertiary/aromatic N) is 2.